The predicted molar refractivity (Wildman–Crippen MR) is 78.3 cm³/mol. The van der Waals surface area contributed by atoms with Crippen LogP contribution >= 0.6 is 11.6 Å². The first-order valence-corrected chi connectivity index (χ1v) is 6.79. The van der Waals surface area contributed by atoms with E-state index in [0.29, 0.717) is 12.5 Å². The first kappa shape index (κ1) is 14.0. The molecule has 1 aromatic carbocycles. The van der Waals surface area contributed by atoms with Gasteiger partial charge in [-0.1, -0.05) is 37.6 Å². The minimum absolute atomic E-state index is 0.464. The minimum Gasteiger partial charge on any atom is -0.310 e. The number of benzene rings is 1. The summed E-state index contributed by atoms with van der Waals surface area (Å²) in [5.41, 5.74) is 2.23. The molecule has 2 aromatic rings. The summed E-state index contributed by atoms with van der Waals surface area (Å²) < 4.78 is 0. The van der Waals surface area contributed by atoms with E-state index < -0.39 is 0 Å². The van der Waals surface area contributed by atoms with E-state index in [1.807, 2.05) is 36.7 Å². The molecule has 100 valence electrons. The molecule has 0 fully saturated rings. The lowest BCUT2D eigenvalue weighted by Crippen LogP contribution is -2.22. The molecule has 0 unspecified atom stereocenters. The van der Waals surface area contributed by atoms with E-state index in [2.05, 4.69) is 29.1 Å². The van der Waals surface area contributed by atoms with Gasteiger partial charge in [0.05, 0.1) is 0 Å². The Balaban J connectivity index is 1.98. The first-order valence-electron chi connectivity index (χ1n) is 6.41. The zero-order valence-electron chi connectivity index (χ0n) is 11.2. The predicted octanol–water partition coefficient (Wildman–Crippen LogP) is 3.22. The smallest absolute Gasteiger partial charge is 0.132 e. The molecule has 0 aliphatic heterocycles. The fourth-order valence-corrected chi connectivity index (χ4v) is 1.93. The lowest BCUT2D eigenvalue weighted by molar-refractivity contribution is 0.586. The fourth-order valence-electron chi connectivity index (χ4n) is 1.72. The molecule has 1 aromatic heterocycles. The van der Waals surface area contributed by atoms with Crippen molar-refractivity contribution >= 4 is 11.6 Å². The maximum Gasteiger partial charge on any atom is 0.132 e. The third-order valence-electron chi connectivity index (χ3n) is 2.72. The Kier molecular flexibility index (Phi) is 4.88. The van der Waals surface area contributed by atoms with Crippen molar-refractivity contribution in [3.8, 4) is 0 Å². The van der Waals surface area contributed by atoms with Crippen molar-refractivity contribution in [2.75, 3.05) is 0 Å². The second-order valence-corrected chi connectivity index (χ2v) is 5.29. The molecule has 4 heteroatoms. The maximum atomic E-state index is 5.96. The Bertz CT molecular complexity index is 523. The van der Waals surface area contributed by atoms with Gasteiger partial charge in [0, 0.05) is 42.0 Å². The van der Waals surface area contributed by atoms with Crippen molar-refractivity contribution in [1.29, 1.82) is 0 Å². The molecule has 0 saturated heterocycles. The molecule has 1 heterocycles. The molecule has 0 saturated carbocycles. The maximum absolute atomic E-state index is 5.96. The third-order valence-corrected chi connectivity index (χ3v) is 2.96. The Morgan fingerprint density at radius 1 is 1.16 bits per heavy atom. The number of hydrogen-bond donors (Lipinski definition) is 1. The normalized spacial score (nSPS) is 10.9. The van der Waals surface area contributed by atoms with Gasteiger partial charge in [0.25, 0.3) is 0 Å². The van der Waals surface area contributed by atoms with Gasteiger partial charge in [0.2, 0.25) is 0 Å². The molecule has 0 spiro atoms. The van der Waals surface area contributed by atoms with Gasteiger partial charge in [-0.2, -0.15) is 0 Å². The van der Waals surface area contributed by atoms with E-state index in [-0.39, 0.29) is 0 Å². The molecule has 0 aliphatic rings. The fraction of sp³-hybridized carbons (Fsp3) is 0.333. The molecule has 1 N–H and O–H groups in total. The molecular weight excluding hydrogens is 258 g/mol. The van der Waals surface area contributed by atoms with Crippen LogP contribution < -0.4 is 5.32 Å². The first-order chi connectivity index (χ1) is 9.13. The number of aromatic nitrogens is 2. The standard InChI is InChI=1S/C15H18ClN3/c1-11(2)17-8-13-9-18-15(19-10-13)7-12-4-3-5-14(16)6-12/h3-6,9-11,17H,7-8H2,1-2H3. The molecule has 19 heavy (non-hydrogen) atoms. The van der Waals surface area contributed by atoms with Crippen LogP contribution in [0.3, 0.4) is 0 Å². The minimum atomic E-state index is 0.464. The Morgan fingerprint density at radius 2 is 1.89 bits per heavy atom. The van der Waals surface area contributed by atoms with E-state index in [9.17, 15) is 0 Å². The highest BCUT2D eigenvalue weighted by atomic mass is 35.5. The number of halogens is 1. The van der Waals surface area contributed by atoms with Crippen LogP contribution in [-0.2, 0) is 13.0 Å². The molecule has 3 nitrogen and oxygen atoms in total. The van der Waals surface area contributed by atoms with Crippen LogP contribution in [0.15, 0.2) is 36.7 Å². The summed E-state index contributed by atoms with van der Waals surface area (Å²) in [5, 5.41) is 4.09. The summed E-state index contributed by atoms with van der Waals surface area (Å²) in [6, 6.07) is 8.25. The Morgan fingerprint density at radius 3 is 2.53 bits per heavy atom. The average Bonchev–Trinajstić information content (AvgIpc) is 2.38. The quantitative estimate of drug-likeness (QED) is 0.910. The van der Waals surface area contributed by atoms with Crippen LogP contribution in [0.5, 0.6) is 0 Å². The van der Waals surface area contributed by atoms with Crippen LogP contribution in [0.1, 0.15) is 30.8 Å². The van der Waals surface area contributed by atoms with Gasteiger partial charge < -0.3 is 5.32 Å². The summed E-state index contributed by atoms with van der Waals surface area (Å²) in [6.45, 7) is 5.04. The van der Waals surface area contributed by atoms with Gasteiger partial charge in [-0.25, -0.2) is 9.97 Å². The number of nitrogens with zero attached hydrogens (tertiary/aromatic N) is 2. The van der Waals surface area contributed by atoms with Gasteiger partial charge in [-0.3, -0.25) is 0 Å². The molecule has 0 bridgehead atoms. The monoisotopic (exact) mass is 275 g/mol. The second-order valence-electron chi connectivity index (χ2n) is 4.85. The van der Waals surface area contributed by atoms with Crippen molar-refractivity contribution in [2.45, 2.75) is 32.9 Å². The molecule has 0 amide bonds. The van der Waals surface area contributed by atoms with E-state index in [1.54, 1.807) is 0 Å². The zero-order chi connectivity index (χ0) is 13.7. The summed E-state index contributed by atoms with van der Waals surface area (Å²) in [5.74, 6) is 0.815. The van der Waals surface area contributed by atoms with Crippen molar-refractivity contribution in [2.24, 2.45) is 0 Å². The Hall–Kier alpha value is -1.45. The third kappa shape index (κ3) is 4.62. The lowest BCUT2D eigenvalue weighted by Gasteiger charge is -2.07. The number of rotatable bonds is 5. The molecule has 0 atom stereocenters. The van der Waals surface area contributed by atoms with Crippen molar-refractivity contribution in [3.63, 3.8) is 0 Å². The molecule has 2 rings (SSSR count). The summed E-state index contributed by atoms with van der Waals surface area (Å²) >= 11 is 5.96. The van der Waals surface area contributed by atoms with Crippen LogP contribution in [0.4, 0.5) is 0 Å². The molecule has 0 aliphatic carbocycles. The van der Waals surface area contributed by atoms with Gasteiger partial charge in [0.15, 0.2) is 0 Å². The van der Waals surface area contributed by atoms with Crippen LogP contribution in [-0.4, -0.2) is 16.0 Å². The van der Waals surface area contributed by atoms with E-state index in [0.717, 1.165) is 28.5 Å². The van der Waals surface area contributed by atoms with Crippen LogP contribution in [0.25, 0.3) is 0 Å². The second kappa shape index (κ2) is 6.64. The lowest BCUT2D eigenvalue weighted by atomic mass is 10.1. The van der Waals surface area contributed by atoms with Crippen molar-refractivity contribution in [1.82, 2.24) is 15.3 Å². The SMILES string of the molecule is CC(C)NCc1cnc(Cc2cccc(Cl)c2)nc1. The van der Waals surface area contributed by atoms with Crippen molar-refractivity contribution < 1.29 is 0 Å². The zero-order valence-corrected chi connectivity index (χ0v) is 12.0. The van der Waals surface area contributed by atoms with Crippen LogP contribution in [0.2, 0.25) is 5.02 Å². The summed E-state index contributed by atoms with van der Waals surface area (Å²) in [4.78, 5) is 8.77. The van der Waals surface area contributed by atoms with Crippen molar-refractivity contribution in [3.05, 3.63) is 58.6 Å². The van der Waals surface area contributed by atoms with Gasteiger partial charge in [-0.15, -0.1) is 0 Å². The highest BCUT2D eigenvalue weighted by molar-refractivity contribution is 6.30. The molecule has 0 radical (unpaired) electrons. The number of nitrogens with one attached hydrogen (secondary N) is 1. The van der Waals surface area contributed by atoms with E-state index >= 15 is 0 Å². The number of hydrogen-bond acceptors (Lipinski definition) is 3. The van der Waals surface area contributed by atoms with Crippen LogP contribution in [0, 0.1) is 0 Å². The topological polar surface area (TPSA) is 37.8 Å². The van der Waals surface area contributed by atoms with E-state index in [4.69, 9.17) is 11.6 Å². The van der Waals surface area contributed by atoms with Gasteiger partial charge in [0.1, 0.15) is 5.82 Å². The summed E-state index contributed by atoms with van der Waals surface area (Å²) in [7, 11) is 0. The Labute approximate surface area is 119 Å². The highest BCUT2D eigenvalue weighted by Gasteiger charge is 2.01. The highest BCUT2D eigenvalue weighted by Crippen LogP contribution is 2.13. The molecular formula is C15H18ClN3. The van der Waals surface area contributed by atoms with Gasteiger partial charge >= 0.3 is 0 Å². The van der Waals surface area contributed by atoms with Gasteiger partial charge in [-0.05, 0) is 17.7 Å². The van der Waals surface area contributed by atoms with E-state index in [1.165, 1.54) is 0 Å². The average molecular weight is 276 g/mol. The largest absolute Gasteiger partial charge is 0.310 e. The summed E-state index contributed by atoms with van der Waals surface area (Å²) in [6.07, 6.45) is 4.46.